The number of carbonyl (C=O) groups excluding carboxylic acids is 1. The molecule has 1 aromatic heterocycles. The van der Waals surface area contributed by atoms with Crippen molar-refractivity contribution < 1.29 is 22.0 Å². The average Bonchev–Trinajstić information content (AvgIpc) is 2.70. The van der Waals surface area contributed by atoms with Gasteiger partial charge in [0.05, 0.1) is 44.4 Å². The number of nitrogens with zero attached hydrogens (tertiary/aromatic N) is 3. The van der Waals surface area contributed by atoms with Crippen LogP contribution in [0.15, 0.2) is 30.3 Å². The van der Waals surface area contributed by atoms with Crippen LogP contribution in [0.5, 0.6) is 0 Å². The van der Waals surface area contributed by atoms with E-state index in [1.807, 2.05) is 6.92 Å². The zero-order valence-corrected chi connectivity index (χ0v) is 22.2. The number of amides is 1. The first-order valence-corrected chi connectivity index (χ1v) is 16.8. The number of pyridine rings is 1. The van der Waals surface area contributed by atoms with E-state index in [0.29, 0.717) is 22.8 Å². The molecular formula is C23H31F2N5O3SSi. The van der Waals surface area contributed by atoms with Gasteiger partial charge in [0.25, 0.3) is 11.8 Å². The fourth-order valence-electron chi connectivity index (χ4n) is 4.35. The first kappa shape index (κ1) is 25.4. The molecule has 0 spiro atoms. The Labute approximate surface area is 205 Å². The van der Waals surface area contributed by atoms with Crippen LogP contribution in [0.1, 0.15) is 15.9 Å². The fourth-order valence-corrected chi connectivity index (χ4v) is 6.90. The van der Waals surface area contributed by atoms with Gasteiger partial charge in [-0.05, 0) is 54.9 Å². The van der Waals surface area contributed by atoms with Gasteiger partial charge in [0, 0.05) is 13.1 Å². The van der Waals surface area contributed by atoms with Gasteiger partial charge in [-0.15, -0.1) is 0 Å². The summed E-state index contributed by atoms with van der Waals surface area (Å²) in [6.07, 6.45) is 1.08. The molecule has 0 unspecified atom stereocenters. The van der Waals surface area contributed by atoms with Crippen molar-refractivity contribution in [2.75, 3.05) is 52.3 Å². The van der Waals surface area contributed by atoms with Crippen molar-refractivity contribution in [3.63, 3.8) is 0 Å². The van der Waals surface area contributed by atoms with Crippen LogP contribution in [0.3, 0.4) is 0 Å². The lowest BCUT2D eigenvalue weighted by molar-refractivity contribution is -0.0267. The molecule has 0 atom stereocenters. The minimum atomic E-state index is -3.48. The number of hydrogen-bond donors (Lipinski definition) is 2. The number of alkyl halides is 2. The Kier molecular flexibility index (Phi) is 6.56. The lowest BCUT2D eigenvalue weighted by Crippen LogP contribution is -2.56. The van der Waals surface area contributed by atoms with Crippen LogP contribution < -0.4 is 19.8 Å². The van der Waals surface area contributed by atoms with E-state index in [4.69, 9.17) is 0 Å². The highest BCUT2D eigenvalue weighted by atomic mass is 32.2. The molecule has 4 rings (SSSR count). The fraction of sp³-hybridized carbons (Fsp3) is 0.478. The van der Waals surface area contributed by atoms with Crippen LogP contribution in [-0.2, 0) is 10.0 Å². The number of hydrogen-bond acceptors (Lipinski definition) is 6. The van der Waals surface area contributed by atoms with E-state index >= 15 is 0 Å². The molecule has 190 valence electrons. The van der Waals surface area contributed by atoms with Crippen LogP contribution in [0, 0.1) is 6.92 Å². The van der Waals surface area contributed by atoms with E-state index in [2.05, 4.69) is 33.0 Å². The highest BCUT2D eigenvalue weighted by molar-refractivity contribution is 7.92. The number of rotatable bonds is 6. The molecule has 2 saturated heterocycles. The minimum absolute atomic E-state index is 0.275. The van der Waals surface area contributed by atoms with Gasteiger partial charge in [-0.3, -0.25) is 9.52 Å². The van der Waals surface area contributed by atoms with Gasteiger partial charge in [0.15, 0.2) is 0 Å². The number of halogens is 2. The normalized spacial score (nSPS) is 19.1. The molecule has 35 heavy (non-hydrogen) atoms. The predicted octanol–water partition coefficient (Wildman–Crippen LogP) is 4.00. The maximum absolute atomic E-state index is 13.3. The summed E-state index contributed by atoms with van der Waals surface area (Å²) in [7, 11) is -4.75. The van der Waals surface area contributed by atoms with Crippen molar-refractivity contribution in [3.05, 3.63) is 41.5 Å². The maximum Gasteiger partial charge on any atom is 0.282 e. The zero-order valence-electron chi connectivity index (χ0n) is 20.4. The molecule has 2 fully saturated rings. The minimum Gasteiger partial charge on any atom is -0.371 e. The summed E-state index contributed by atoms with van der Waals surface area (Å²) in [5.41, 5.74) is 2.22. The second kappa shape index (κ2) is 9.05. The van der Waals surface area contributed by atoms with Crippen LogP contribution in [0.2, 0.25) is 25.2 Å². The van der Waals surface area contributed by atoms with Crippen molar-refractivity contribution in [1.29, 1.82) is 0 Å². The number of benzene rings is 1. The Balaban J connectivity index is 1.61. The summed E-state index contributed by atoms with van der Waals surface area (Å²) >= 11 is 0. The average molecular weight is 524 g/mol. The number of sulfonamides is 1. The Morgan fingerprint density at radius 2 is 1.74 bits per heavy atom. The quantitative estimate of drug-likeness (QED) is 0.556. The van der Waals surface area contributed by atoms with Gasteiger partial charge in [-0.1, -0.05) is 13.1 Å². The highest BCUT2D eigenvalue weighted by Gasteiger charge is 2.44. The van der Waals surface area contributed by atoms with Crippen molar-refractivity contribution in [2.45, 2.75) is 38.0 Å². The molecule has 2 aliphatic heterocycles. The first-order chi connectivity index (χ1) is 16.2. The van der Waals surface area contributed by atoms with Gasteiger partial charge in [-0.25, -0.2) is 22.2 Å². The number of anilines is 4. The molecule has 0 aliphatic carbocycles. The molecule has 0 saturated carbocycles. The summed E-state index contributed by atoms with van der Waals surface area (Å²) in [6.45, 7) is 7.28. The molecule has 2 aliphatic rings. The lowest BCUT2D eigenvalue weighted by Gasteiger charge is -2.39. The summed E-state index contributed by atoms with van der Waals surface area (Å²) in [4.78, 5) is 21.3. The number of carbonyl (C=O) groups is 1. The summed E-state index contributed by atoms with van der Waals surface area (Å²) in [5.74, 6) is -2.46. The van der Waals surface area contributed by atoms with E-state index in [1.165, 1.54) is 4.90 Å². The number of aryl methyl sites for hydroxylation is 1. The molecule has 0 bridgehead atoms. The second-order valence-electron chi connectivity index (χ2n) is 10.3. The van der Waals surface area contributed by atoms with Crippen LogP contribution in [-0.4, -0.2) is 65.7 Å². The van der Waals surface area contributed by atoms with Gasteiger partial charge < -0.3 is 15.1 Å². The van der Waals surface area contributed by atoms with Gasteiger partial charge in [0.2, 0.25) is 10.0 Å². The standard InChI is InChI=1S/C23H31F2N5O3SSi/c1-16-11-20(26-21(12-16)30-14-23(24,25)15-30)27-22(31)18-6-5-17(28-34(2,32)33)13-19(18)29-7-9-35(3,4)10-8-29/h5-6,11-13,28H,7-10,14-15H2,1-4H3,(H,26,27,31). The topological polar surface area (TPSA) is 94.6 Å². The number of nitrogens with one attached hydrogen (secondary N) is 2. The predicted molar refractivity (Wildman–Crippen MR) is 138 cm³/mol. The SMILES string of the molecule is Cc1cc(NC(=O)c2ccc(NS(C)(=O)=O)cc2N2CC[Si](C)(C)CC2)nc(N2CC(F)(F)C2)c1. The van der Waals surface area contributed by atoms with Crippen LogP contribution in [0.4, 0.5) is 31.8 Å². The Morgan fingerprint density at radius 1 is 1.09 bits per heavy atom. The molecular weight excluding hydrogens is 492 g/mol. The molecule has 0 radical (unpaired) electrons. The maximum atomic E-state index is 13.3. The van der Waals surface area contributed by atoms with E-state index in [-0.39, 0.29) is 5.82 Å². The molecule has 3 heterocycles. The summed E-state index contributed by atoms with van der Waals surface area (Å²) < 4.78 is 52.7. The van der Waals surface area contributed by atoms with Gasteiger partial charge >= 0.3 is 0 Å². The monoisotopic (exact) mass is 523 g/mol. The molecule has 2 N–H and O–H groups in total. The van der Waals surface area contributed by atoms with Crippen molar-refractivity contribution in [2.24, 2.45) is 0 Å². The van der Waals surface area contributed by atoms with Crippen LogP contribution >= 0.6 is 0 Å². The Bertz CT molecular complexity index is 1240. The third kappa shape index (κ3) is 6.29. The summed E-state index contributed by atoms with van der Waals surface area (Å²) in [6, 6.07) is 10.4. The molecule has 1 aromatic carbocycles. The van der Waals surface area contributed by atoms with Gasteiger partial charge in [0.1, 0.15) is 11.6 Å². The molecule has 12 heteroatoms. The van der Waals surface area contributed by atoms with Crippen LogP contribution in [0.25, 0.3) is 0 Å². The molecule has 2 aromatic rings. The lowest BCUT2D eigenvalue weighted by atomic mass is 10.1. The van der Waals surface area contributed by atoms with E-state index in [1.54, 1.807) is 30.3 Å². The first-order valence-electron chi connectivity index (χ1n) is 11.5. The molecule has 1 amide bonds. The zero-order chi connectivity index (χ0) is 25.6. The largest absolute Gasteiger partial charge is 0.371 e. The molecule has 8 nitrogen and oxygen atoms in total. The number of aromatic nitrogens is 1. The van der Waals surface area contributed by atoms with Gasteiger partial charge in [-0.2, -0.15) is 0 Å². The van der Waals surface area contributed by atoms with Crippen molar-refractivity contribution in [3.8, 4) is 0 Å². The van der Waals surface area contributed by atoms with E-state index in [9.17, 15) is 22.0 Å². The Morgan fingerprint density at radius 3 is 2.34 bits per heavy atom. The third-order valence-corrected chi connectivity index (χ3v) is 10.1. The second-order valence-corrected chi connectivity index (χ2v) is 17.4. The van der Waals surface area contributed by atoms with E-state index in [0.717, 1.165) is 37.0 Å². The highest BCUT2D eigenvalue weighted by Crippen LogP contribution is 2.33. The smallest absolute Gasteiger partial charge is 0.282 e. The summed E-state index contributed by atoms with van der Waals surface area (Å²) in [5, 5.41) is 2.81. The van der Waals surface area contributed by atoms with E-state index < -0.39 is 43.0 Å². The van der Waals surface area contributed by atoms with Crippen molar-refractivity contribution >= 4 is 47.0 Å². The Hall–Kier alpha value is -2.73. The third-order valence-electron chi connectivity index (χ3n) is 6.37. The van der Waals surface area contributed by atoms with Crippen molar-refractivity contribution in [1.82, 2.24) is 4.98 Å².